The number of benzene rings is 1. The number of nitriles is 2. The van der Waals surface area contributed by atoms with Crippen LogP contribution in [-0.4, -0.2) is 17.3 Å². The molecule has 2 N–H and O–H groups in total. The predicted molar refractivity (Wildman–Crippen MR) is 85.1 cm³/mol. The van der Waals surface area contributed by atoms with Crippen LogP contribution in [0.4, 0.5) is 0 Å². The van der Waals surface area contributed by atoms with Crippen molar-refractivity contribution in [2.45, 2.75) is 19.8 Å². The van der Waals surface area contributed by atoms with Gasteiger partial charge in [-0.15, -0.1) is 5.10 Å². The summed E-state index contributed by atoms with van der Waals surface area (Å²) in [6, 6.07) is 10.2. The molecule has 0 unspecified atom stereocenters. The van der Waals surface area contributed by atoms with Crippen LogP contribution in [0.2, 0.25) is 0 Å². The Labute approximate surface area is 133 Å². The zero-order valence-corrected chi connectivity index (χ0v) is 13.1. The molecule has 6 heteroatoms. The molecular formula is C17H15N5O. The van der Waals surface area contributed by atoms with E-state index in [1.807, 2.05) is 32.0 Å². The summed E-state index contributed by atoms with van der Waals surface area (Å²) < 4.78 is 5.25. The number of rotatable bonds is 2. The number of nitrogens with zero attached hydrogens (tertiary/aromatic N) is 3. The molecule has 0 saturated carbocycles. The molecule has 114 valence electrons. The number of aromatic nitrogens is 2. The molecule has 1 aromatic heterocycles. The van der Waals surface area contributed by atoms with Gasteiger partial charge in [-0.2, -0.15) is 10.5 Å². The Morgan fingerprint density at radius 3 is 2.35 bits per heavy atom. The van der Waals surface area contributed by atoms with Crippen molar-refractivity contribution in [3.8, 4) is 18.0 Å². The molecule has 1 aliphatic heterocycles. The topological polar surface area (TPSA) is 97.5 Å². The van der Waals surface area contributed by atoms with Crippen LogP contribution in [0.25, 0.3) is 10.9 Å². The Balaban J connectivity index is 2.23. The van der Waals surface area contributed by atoms with Crippen LogP contribution in [0.15, 0.2) is 40.7 Å². The number of aromatic amines is 1. The van der Waals surface area contributed by atoms with Gasteiger partial charge >= 0.3 is 0 Å². The van der Waals surface area contributed by atoms with Crippen LogP contribution < -0.4 is 10.1 Å². The Hall–Kier alpha value is -3.25. The summed E-state index contributed by atoms with van der Waals surface area (Å²) in [5.74, 6) is 0.115. The van der Waals surface area contributed by atoms with Gasteiger partial charge in [-0.25, -0.2) is 0 Å². The van der Waals surface area contributed by atoms with E-state index in [4.69, 9.17) is 4.74 Å². The monoisotopic (exact) mass is 305 g/mol. The van der Waals surface area contributed by atoms with Gasteiger partial charge in [0.15, 0.2) is 0 Å². The van der Waals surface area contributed by atoms with Crippen molar-refractivity contribution in [1.29, 1.82) is 10.5 Å². The van der Waals surface area contributed by atoms with Crippen molar-refractivity contribution in [2.24, 2.45) is 0 Å². The number of methoxy groups -OCH3 is 1. The van der Waals surface area contributed by atoms with Crippen LogP contribution >= 0.6 is 0 Å². The van der Waals surface area contributed by atoms with Gasteiger partial charge < -0.3 is 10.1 Å². The summed E-state index contributed by atoms with van der Waals surface area (Å²) in [5, 5.41) is 30.0. The number of nitrogens with one attached hydrogen (secondary N) is 2. The number of hydrogen-bond acceptors (Lipinski definition) is 5. The summed E-state index contributed by atoms with van der Waals surface area (Å²) in [7, 11) is 1.56. The standard InChI is InChI=1S/C17H15N5O/c1-9-13(7-18)16(14(8-19)10(2)20-9)11-4-5-15-12(6-11)17(23-3)22-21-15/h4-6,16,20H,1-3H3,(H,21,22). The molecule has 0 spiro atoms. The van der Waals surface area contributed by atoms with Crippen molar-refractivity contribution >= 4 is 10.9 Å². The summed E-state index contributed by atoms with van der Waals surface area (Å²) in [5.41, 5.74) is 4.35. The molecule has 0 aliphatic carbocycles. The third kappa shape index (κ3) is 2.21. The van der Waals surface area contributed by atoms with Gasteiger partial charge in [-0.3, -0.25) is 5.10 Å². The first-order valence-electron chi connectivity index (χ1n) is 7.11. The highest BCUT2D eigenvalue weighted by molar-refractivity contribution is 5.85. The molecule has 2 aromatic rings. The molecule has 23 heavy (non-hydrogen) atoms. The molecule has 6 nitrogen and oxygen atoms in total. The molecule has 0 fully saturated rings. The van der Waals surface area contributed by atoms with Gasteiger partial charge in [0, 0.05) is 11.4 Å². The average Bonchev–Trinajstić information content (AvgIpc) is 2.96. The molecule has 3 rings (SSSR count). The van der Waals surface area contributed by atoms with Gasteiger partial charge in [0.2, 0.25) is 5.88 Å². The molecule has 0 amide bonds. The normalized spacial score (nSPS) is 15.3. The molecule has 0 bridgehead atoms. The Kier molecular flexibility index (Phi) is 3.51. The third-order valence-corrected chi connectivity index (χ3v) is 4.08. The summed E-state index contributed by atoms with van der Waals surface area (Å²) >= 11 is 0. The first-order valence-corrected chi connectivity index (χ1v) is 7.11. The number of ether oxygens (including phenoxy) is 1. The predicted octanol–water partition coefficient (Wildman–Crippen LogP) is 2.85. The van der Waals surface area contributed by atoms with Gasteiger partial charge in [0.25, 0.3) is 0 Å². The lowest BCUT2D eigenvalue weighted by Gasteiger charge is -2.26. The Morgan fingerprint density at radius 1 is 1.13 bits per heavy atom. The summed E-state index contributed by atoms with van der Waals surface area (Å²) in [4.78, 5) is 0. The maximum absolute atomic E-state index is 9.54. The van der Waals surface area contributed by atoms with E-state index < -0.39 is 0 Å². The van der Waals surface area contributed by atoms with E-state index in [1.54, 1.807) is 7.11 Å². The first kappa shape index (κ1) is 14.7. The molecular weight excluding hydrogens is 290 g/mol. The summed E-state index contributed by atoms with van der Waals surface area (Å²) in [6.07, 6.45) is 0. The highest BCUT2D eigenvalue weighted by atomic mass is 16.5. The fraction of sp³-hybridized carbons (Fsp3) is 0.235. The zero-order chi connectivity index (χ0) is 16.6. The van der Waals surface area contributed by atoms with Gasteiger partial charge in [0.05, 0.1) is 47.2 Å². The minimum atomic E-state index is -0.379. The minimum absolute atomic E-state index is 0.379. The lowest BCUT2D eigenvalue weighted by molar-refractivity contribution is 0.401. The maximum atomic E-state index is 9.54. The van der Waals surface area contributed by atoms with E-state index in [1.165, 1.54) is 0 Å². The largest absolute Gasteiger partial charge is 0.480 e. The van der Waals surface area contributed by atoms with Crippen LogP contribution in [0, 0.1) is 22.7 Å². The van der Waals surface area contributed by atoms with Crippen LogP contribution in [-0.2, 0) is 0 Å². The summed E-state index contributed by atoms with van der Waals surface area (Å²) in [6.45, 7) is 3.69. The van der Waals surface area contributed by atoms with Crippen molar-refractivity contribution in [2.75, 3.05) is 7.11 Å². The van der Waals surface area contributed by atoms with Gasteiger partial charge in [0.1, 0.15) is 0 Å². The third-order valence-electron chi connectivity index (χ3n) is 4.08. The lowest BCUT2D eigenvalue weighted by Crippen LogP contribution is -2.23. The van der Waals surface area contributed by atoms with Crippen molar-refractivity contribution in [3.63, 3.8) is 0 Å². The number of allylic oxidation sites excluding steroid dienone is 4. The van der Waals surface area contributed by atoms with E-state index in [-0.39, 0.29) is 5.92 Å². The van der Waals surface area contributed by atoms with E-state index in [0.717, 1.165) is 27.9 Å². The molecule has 0 atom stereocenters. The molecule has 1 aliphatic rings. The smallest absolute Gasteiger partial charge is 0.240 e. The Morgan fingerprint density at radius 2 is 1.78 bits per heavy atom. The molecule has 1 aromatic carbocycles. The maximum Gasteiger partial charge on any atom is 0.240 e. The highest BCUT2D eigenvalue weighted by Crippen LogP contribution is 2.38. The average molecular weight is 305 g/mol. The number of dihydropyridines is 1. The van der Waals surface area contributed by atoms with Gasteiger partial charge in [-0.1, -0.05) is 6.07 Å². The second-order valence-electron chi connectivity index (χ2n) is 5.40. The fourth-order valence-corrected chi connectivity index (χ4v) is 2.97. The SMILES string of the molecule is COc1n[nH]c2ccc(C3C(C#N)=C(C)NC(C)=C3C#N)cc12. The number of fused-ring (bicyclic) bond motifs is 1. The van der Waals surface area contributed by atoms with E-state index in [0.29, 0.717) is 17.0 Å². The van der Waals surface area contributed by atoms with Crippen LogP contribution in [0.5, 0.6) is 5.88 Å². The quantitative estimate of drug-likeness (QED) is 0.889. The van der Waals surface area contributed by atoms with Gasteiger partial charge in [-0.05, 0) is 31.5 Å². The van der Waals surface area contributed by atoms with Crippen molar-refractivity contribution < 1.29 is 4.74 Å². The fourth-order valence-electron chi connectivity index (χ4n) is 2.97. The number of hydrogen-bond donors (Lipinski definition) is 2. The number of H-pyrrole nitrogens is 1. The Bertz CT molecular complexity index is 900. The van der Waals surface area contributed by atoms with E-state index >= 15 is 0 Å². The molecule has 0 radical (unpaired) electrons. The van der Waals surface area contributed by atoms with Crippen molar-refractivity contribution in [1.82, 2.24) is 15.5 Å². The van der Waals surface area contributed by atoms with Crippen LogP contribution in [0.1, 0.15) is 25.3 Å². The molecule has 0 saturated heterocycles. The minimum Gasteiger partial charge on any atom is -0.480 e. The second-order valence-corrected chi connectivity index (χ2v) is 5.40. The van der Waals surface area contributed by atoms with E-state index in [2.05, 4.69) is 27.7 Å². The van der Waals surface area contributed by atoms with Crippen LogP contribution in [0.3, 0.4) is 0 Å². The second kappa shape index (κ2) is 5.51. The first-order chi connectivity index (χ1) is 11.1. The lowest BCUT2D eigenvalue weighted by atomic mass is 9.81. The zero-order valence-electron chi connectivity index (χ0n) is 13.1. The highest BCUT2D eigenvalue weighted by Gasteiger charge is 2.29. The van der Waals surface area contributed by atoms with E-state index in [9.17, 15) is 10.5 Å². The molecule has 2 heterocycles. The van der Waals surface area contributed by atoms with Crippen molar-refractivity contribution in [3.05, 3.63) is 46.3 Å².